The average molecular weight is 413 g/mol. The van der Waals surface area contributed by atoms with Gasteiger partial charge in [0.2, 0.25) is 21.6 Å². The summed E-state index contributed by atoms with van der Waals surface area (Å²) in [5.41, 5.74) is 4.91. The molecule has 1 atom stereocenters. The molecule has 1 aliphatic heterocycles. The molecule has 0 bridgehead atoms. The van der Waals surface area contributed by atoms with Crippen LogP contribution in [0.25, 0.3) is 10.9 Å². The van der Waals surface area contributed by atoms with E-state index in [-0.39, 0.29) is 0 Å². The molecule has 4 rings (SSSR count). The van der Waals surface area contributed by atoms with Gasteiger partial charge in [-0.2, -0.15) is 9.67 Å². The summed E-state index contributed by atoms with van der Waals surface area (Å²) in [5, 5.41) is 8.14. The van der Waals surface area contributed by atoms with Crippen LogP contribution in [-0.4, -0.2) is 32.3 Å². The van der Waals surface area contributed by atoms with E-state index in [0.29, 0.717) is 6.04 Å². The Kier molecular flexibility index (Phi) is 6.26. The van der Waals surface area contributed by atoms with E-state index in [0.717, 1.165) is 19.2 Å². The number of pyridine rings is 1. The van der Waals surface area contributed by atoms with E-state index in [4.69, 9.17) is 5.10 Å². The first-order valence-corrected chi connectivity index (χ1v) is 10.4. The largest absolute Gasteiger partial charge is 0.726 e. The summed E-state index contributed by atoms with van der Waals surface area (Å²) in [7, 11) is -1.52. The van der Waals surface area contributed by atoms with E-state index in [1.807, 2.05) is 6.21 Å². The van der Waals surface area contributed by atoms with Crippen LogP contribution in [0.15, 0.2) is 65.8 Å². The summed E-state index contributed by atoms with van der Waals surface area (Å²) >= 11 is 0. The molecule has 7 nitrogen and oxygen atoms in total. The van der Waals surface area contributed by atoms with E-state index in [9.17, 15) is 13.0 Å². The third-order valence-corrected chi connectivity index (χ3v) is 5.22. The molecule has 0 saturated carbocycles. The van der Waals surface area contributed by atoms with Crippen LogP contribution in [0.5, 0.6) is 0 Å². The second-order valence-corrected chi connectivity index (χ2v) is 7.87. The highest BCUT2D eigenvalue weighted by Crippen LogP contribution is 2.31. The van der Waals surface area contributed by atoms with Crippen LogP contribution in [0.2, 0.25) is 0 Å². The molecule has 0 saturated heterocycles. The van der Waals surface area contributed by atoms with Crippen molar-refractivity contribution < 1.29 is 21.7 Å². The summed E-state index contributed by atoms with van der Waals surface area (Å²) in [4.78, 5) is 0. The number of rotatable bonds is 3. The van der Waals surface area contributed by atoms with Gasteiger partial charge in [0, 0.05) is 17.5 Å². The quantitative estimate of drug-likeness (QED) is 0.285. The molecular formula is C21H23N3O4S. The Balaban J connectivity index is 0.000000353. The van der Waals surface area contributed by atoms with Crippen molar-refractivity contribution in [1.82, 2.24) is 0 Å². The Hall–Kier alpha value is -2.81. The van der Waals surface area contributed by atoms with Crippen molar-refractivity contribution in [2.24, 2.45) is 12.1 Å². The first kappa shape index (κ1) is 20.9. The van der Waals surface area contributed by atoms with Gasteiger partial charge in [0.1, 0.15) is 13.3 Å². The molecule has 1 aliphatic rings. The molecule has 0 spiro atoms. The Labute approximate surface area is 170 Å². The highest BCUT2D eigenvalue weighted by atomic mass is 32.3. The molecule has 1 aromatic heterocycles. The molecule has 0 radical (unpaired) electrons. The number of hydrogen-bond donors (Lipinski definition) is 0. The number of fused-ring (bicyclic) bond motifs is 2. The maximum absolute atomic E-state index is 9.22. The highest BCUT2D eigenvalue weighted by molar-refractivity contribution is 7.80. The standard InChI is InChI=1S/C20H20N3.CH4O4S/c1-15-13-17-8-4-6-10-20(17)23(15)21-14-18-12-11-16-7-3-5-9-19(16)22(18)2;1-5-6(2,3)4/h3-12,14-15H,13H2,1-2H3;1H3,(H,2,3,4)/q+1;/p-1. The van der Waals surface area contributed by atoms with Gasteiger partial charge in [-0.3, -0.25) is 9.19 Å². The fraction of sp³-hybridized carbons (Fsp3) is 0.238. The lowest BCUT2D eigenvalue weighted by atomic mass is 10.1. The summed E-state index contributed by atoms with van der Waals surface area (Å²) in [6, 6.07) is 21.6. The van der Waals surface area contributed by atoms with Crippen molar-refractivity contribution in [3.63, 3.8) is 0 Å². The predicted molar refractivity (Wildman–Crippen MR) is 112 cm³/mol. The Morgan fingerprint density at radius 1 is 1.14 bits per heavy atom. The molecule has 152 valence electrons. The molecule has 2 heterocycles. The average Bonchev–Trinajstić information content (AvgIpc) is 3.03. The molecule has 1 unspecified atom stereocenters. The van der Waals surface area contributed by atoms with Gasteiger partial charge in [0.15, 0.2) is 0 Å². The molecule has 29 heavy (non-hydrogen) atoms. The van der Waals surface area contributed by atoms with E-state index in [1.165, 1.54) is 22.2 Å². The third kappa shape index (κ3) is 4.97. The zero-order valence-electron chi connectivity index (χ0n) is 16.5. The fourth-order valence-electron chi connectivity index (χ4n) is 3.34. The van der Waals surface area contributed by atoms with Gasteiger partial charge in [-0.15, -0.1) is 0 Å². The molecule has 0 N–H and O–H groups in total. The first-order chi connectivity index (χ1) is 13.8. The van der Waals surface area contributed by atoms with Gasteiger partial charge >= 0.3 is 0 Å². The number of aromatic nitrogens is 1. The third-order valence-electron chi connectivity index (χ3n) is 4.81. The van der Waals surface area contributed by atoms with E-state index in [1.54, 1.807) is 0 Å². The van der Waals surface area contributed by atoms with E-state index in [2.05, 4.69) is 88.4 Å². The monoisotopic (exact) mass is 413 g/mol. The van der Waals surface area contributed by atoms with E-state index < -0.39 is 10.4 Å². The van der Waals surface area contributed by atoms with Gasteiger partial charge in [0.25, 0.3) is 0 Å². The van der Waals surface area contributed by atoms with Gasteiger partial charge in [-0.1, -0.05) is 30.3 Å². The molecule has 0 aliphatic carbocycles. The fourth-order valence-corrected chi connectivity index (χ4v) is 3.34. The Morgan fingerprint density at radius 3 is 2.52 bits per heavy atom. The highest BCUT2D eigenvalue weighted by Gasteiger charge is 2.25. The van der Waals surface area contributed by atoms with Gasteiger partial charge in [-0.25, -0.2) is 8.42 Å². The second kappa shape index (κ2) is 8.69. The van der Waals surface area contributed by atoms with Crippen LogP contribution in [0, 0.1) is 0 Å². The van der Waals surface area contributed by atoms with Crippen molar-refractivity contribution in [1.29, 1.82) is 0 Å². The van der Waals surface area contributed by atoms with E-state index >= 15 is 0 Å². The van der Waals surface area contributed by atoms with Crippen molar-refractivity contribution >= 4 is 33.2 Å². The lowest BCUT2D eigenvalue weighted by molar-refractivity contribution is -0.645. The molecule has 0 fully saturated rings. The van der Waals surface area contributed by atoms with Crippen molar-refractivity contribution in [2.45, 2.75) is 19.4 Å². The maximum atomic E-state index is 9.22. The minimum absolute atomic E-state index is 0.398. The molecule has 0 amide bonds. The number of para-hydroxylation sites is 2. The topological polar surface area (TPSA) is 85.9 Å². The lowest BCUT2D eigenvalue weighted by Gasteiger charge is -2.17. The minimum atomic E-state index is -4.41. The number of hydrogen-bond acceptors (Lipinski definition) is 6. The minimum Gasteiger partial charge on any atom is -0.726 e. The van der Waals surface area contributed by atoms with Crippen LogP contribution < -0.4 is 9.58 Å². The number of hydrazone groups is 1. The van der Waals surface area contributed by atoms with Gasteiger partial charge in [0.05, 0.1) is 18.8 Å². The Bertz CT molecular complexity index is 1150. The van der Waals surface area contributed by atoms with Crippen LogP contribution in [-0.2, 0) is 28.1 Å². The van der Waals surface area contributed by atoms with Gasteiger partial charge in [-0.05, 0) is 37.1 Å². The number of benzene rings is 2. The van der Waals surface area contributed by atoms with Crippen LogP contribution in [0.1, 0.15) is 18.2 Å². The Morgan fingerprint density at radius 2 is 1.79 bits per heavy atom. The summed E-state index contributed by atoms with van der Waals surface area (Å²) in [5.74, 6) is 0. The zero-order valence-corrected chi connectivity index (χ0v) is 17.3. The second-order valence-electron chi connectivity index (χ2n) is 6.72. The smallest absolute Gasteiger partial charge is 0.225 e. The maximum Gasteiger partial charge on any atom is 0.225 e. The van der Waals surface area contributed by atoms with Crippen molar-refractivity contribution in [2.75, 3.05) is 12.1 Å². The van der Waals surface area contributed by atoms with Crippen LogP contribution >= 0.6 is 0 Å². The first-order valence-electron chi connectivity index (χ1n) is 9.10. The normalized spacial score (nSPS) is 16.0. The molecular weight excluding hydrogens is 390 g/mol. The van der Waals surface area contributed by atoms with Crippen LogP contribution in [0.3, 0.4) is 0 Å². The summed E-state index contributed by atoms with van der Waals surface area (Å²) < 4.78 is 33.2. The zero-order chi connectivity index (χ0) is 21.0. The molecule has 3 aromatic rings. The summed E-state index contributed by atoms with van der Waals surface area (Å²) in [6.45, 7) is 2.22. The molecule has 8 heteroatoms. The van der Waals surface area contributed by atoms with Crippen molar-refractivity contribution in [3.8, 4) is 0 Å². The number of aryl methyl sites for hydroxylation is 1. The summed E-state index contributed by atoms with van der Waals surface area (Å²) in [6.07, 6.45) is 3.02. The van der Waals surface area contributed by atoms with Gasteiger partial charge < -0.3 is 4.55 Å². The SMILES string of the molecule is CC1Cc2ccccc2N1/N=C/c1ccc2ccccc2[n+]1C.COS(=O)(=O)[O-]. The molecule has 2 aromatic carbocycles. The van der Waals surface area contributed by atoms with Crippen LogP contribution in [0.4, 0.5) is 5.69 Å². The lowest BCUT2D eigenvalue weighted by Crippen LogP contribution is -2.35. The van der Waals surface area contributed by atoms with Crippen molar-refractivity contribution in [3.05, 3.63) is 71.9 Å². The number of nitrogens with zero attached hydrogens (tertiary/aromatic N) is 3. The number of anilines is 1. The predicted octanol–water partition coefficient (Wildman–Crippen LogP) is 2.54.